The molecule has 1 aliphatic heterocycles. The number of nitrogens with one attached hydrogen (secondary N) is 1. The normalized spacial score (nSPS) is 18.9. The van der Waals surface area contributed by atoms with Crippen LogP contribution in [0.5, 0.6) is 0 Å². The third-order valence-electron chi connectivity index (χ3n) is 4.95. The van der Waals surface area contributed by atoms with E-state index >= 15 is 0 Å². The van der Waals surface area contributed by atoms with Gasteiger partial charge in [-0.05, 0) is 24.6 Å². The van der Waals surface area contributed by atoms with Gasteiger partial charge in [0.25, 0.3) is 0 Å². The van der Waals surface area contributed by atoms with E-state index in [0.717, 1.165) is 0 Å². The molecule has 1 aliphatic rings. The maximum Gasteiger partial charge on any atom is 0.405 e. The maximum atomic E-state index is 14.2. The standard InChI is InChI=1S/C19H17ClFN7O2/c20-12-7-23-17(24-8-12)10-28-16-5-11(6-22)1-2-14(16)25-18(28)27-4-3-13(21)15(9-27)26-19(29)30/h1-2,5,7-8,13,15,26H,3-4,9-10H2,(H,29,30)/t13-,15-/m1/s1. The molecule has 1 fully saturated rings. The molecule has 0 radical (unpaired) electrons. The van der Waals surface area contributed by atoms with Crippen LogP contribution in [0.4, 0.5) is 15.1 Å². The van der Waals surface area contributed by atoms with Gasteiger partial charge >= 0.3 is 6.09 Å². The fourth-order valence-corrected chi connectivity index (χ4v) is 3.64. The second-order valence-electron chi connectivity index (χ2n) is 6.94. The van der Waals surface area contributed by atoms with E-state index in [9.17, 15) is 14.4 Å². The number of piperidine rings is 1. The van der Waals surface area contributed by atoms with Crippen molar-refractivity contribution in [3.05, 3.63) is 47.0 Å². The number of carbonyl (C=O) groups is 1. The number of fused-ring (bicyclic) bond motifs is 1. The van der Waals surface area contributed by atoms with Gasteiger partial charge in [-0.3, -0.25) is 0 Å². The van der Waals surface area contributed by atoms with Gasteiger partial charge in [-0.15, -0.1) is 0 Å². The Kier molecular flexibility index (Phi) is 5.37. The molecule has 2 N–H and O–H groups in total. The lowest BCUT2D eigenvalue weighted by Crippen LogP contribution is -2.54. The van der Waals surface area contributed by atoms with Crippen LogP contribution in [-0.2, 0) is 6.54 Å². The Bertz CT molecular complexity index is 1130. The third kappa shape index (κ3) is 3.97. The monoisotopic (exact) mass is 429 g/mol. The Morgan fingerprint density at radius 3 is 2.87 bits per heavy atom. The van der Waals surface area contributed by atoms with Gasteiger partial charge in [0.1, 0.15) is 12.0 Å². The SMILES string of the molecule is N#Cc1ccc2nc(N3CC[C@@H](F)[C@H](NC(=O)O)C3)n(Cc3ncc(Cl)cn3)c2c1. The van der Waals surface area contributed by atoms with Crippen molar-refractivity contribution in [2.24, 2.45) is 0 Å². The summed E-state index contributed by atoms with van der Waals surface area (Å²) in [5.41, 5.74) is 1.83. The molecule has 0 aliphatic carbocycles. The van der Waals surface area contributed by atoms with Crippen molar-refractivity contribution >= 4 is 34.7 Å². The quantitative estimate of drug-likeness (QED) is 0.653. The number of amides is 1. The van der Waals surface area contributed by atoms with E-state index in [1.165, 1.54) is 12.4 Å². The predicted molar refractivity (Wildman–Crippen MR) is 107 cm³/mol. The Labute approximate surface area is 175 Å². The number of hydrogen-bond donors (Lipinski definition) is 2. The first kappa shape index (κ1) is 19.8. The number of nitriles is 1. The topological polar surface area (TPSA) is 120 Å². The summed E-state index contributed by atoms with van der Waals surface area (Å²) < 4.78 is 16.1. The third-order valence-corrected chi connectivity index (χ3v) is 5.15. The largest absolute Gasteiger partial charge is 0.465 e. The number of hydrogen-bond acceptors (Lipinski definition) is 6. The van der Waals surface area contributed by atoms with Crippen molar-refractivity contribution < 1.29 is 14.3 Å². The molecule has 1 aromatic carbocycles. The molecule has 154 valence electrons. The molecule has 3 aromatic rings. The highest BCUT2D eigenvalue weighted by Crippen LogP contribution is 2.27. The molecule has 11 heteroatoms. The van der Waals surface area contributed by atoms with E-state index in [-0.39, 0.29) is 19.5 Å². The average molecular weight is 430 g/mol. The van der Waals surface area contributed by atoms with Crippen molar-refractivity contribution in [3.8, 4) is 6.07 Å². The zero-order chi connectivity index (χ0) is 21.3. The van der Waals surface area contributed by atoms with E-state index in [1.807, 2.05) is 9.47 Å². The fourth-order valence-electron chi connectivity index (χ4n) is 3.54. The van der Waals surface area contributed by atoms with E-state index in [0.29, 0.717) is 39.9 Å². The Balaban J connectivity index is 1.75. The Morgan fingerprint density at radius 2 is 2.17 bits per heavy atom. The lowest BCUT2D eigenvalue weighted by molar-refractivity contribution is 0.167. The van der Waals surface area contributed by atoms with E-state index in [2.05, 4.69) is 26.3 Å². The van der Waals surface area contributed by atoms with Crippen LogP contribution in [0.3, 0.4) is 0 Å². The molecule has 1 amide bonds. The maximum absolute atomic E-state index is 14.2. The first-order chi connectivity index (χ1) is 14.4. The van der Waals surface area contributed by atoms with E-state index in [4.69, 9.17) is 16.7 Å². The van der Waals surface area contributed by atoms with Crippen LogP contribution in [0, 0.1) is 11.3 Å². The minimum Gasteiger partial charge on any atom is -0.465 e. The van der Waals surface area contributed by atoms with Crippen LogP contribution in [0.1, 0.15) is 17.8 Å². The number of imidazole rings is 1. The minimum atomic E-state index is -1.28. The molecule has 0 unspecified atom stereocenters. The smallest absolute Gasteiger partial charge is 0.405 e. The number of anilines is 1. The second-order valence-corrected chi connectivity index (χ2v) is 7.37. The molecule has 3 heterocycles. The zero-order valence-corrected chi connectivity index (χ0v) is 16.4. The van der Waals surface area contributed by atoms with Crippen LogP contribution in [0.2, 0.25) is 5.02 Å². The Hall–Kier alpha value is -3.45. The summed E-state index contributed by atoms with van der Waals surface area (Å²) in [5, 5.41) is 20.9. The molecule has 0 saturated carbocycles. The summed E-state index contributed by atoms with van der Waals surface area (Å²) in [5.74, 6) is 1.02. The minimum absolute atomic E-state index is 0.128. The summed E-state index contributed by atoms with van der Waals surface area (Å²) >= 11 is 5.87. The molecule has 4 rings (SSSR count). The Morgan fingerprint density at radius 1 is 1.40 bits per heavy atom. The van der Waals surface area contributed by atoms with Crippen molar-refractivity contribution in [3.63, 3.8) is 0 Å². The van der Waals surface area contributed by atoms with Gasteiger partial charge in [0.05, 0.1) is 40.3 Å². The highest BCUT2D eigenvalue weighted by Gasteiger charge is 2.32. The summed E-state index contributed by atoms with van der Waals surface area (Å²) in [7, 11) is 0. The lowest BCUT2D eigenvalue weighted by Gasteiger charge is -2.35. The van der Waals surface area contributed by atoms with Gasteiger partial charge in [0, 0.05) is 25.5 Å². The highest BCUT2D eigenvalue weighted by molar-refractivity contribution is 6.30. The molecular formula is C19H17ClFN7O2. The van der Waals surface area contributed by atoms with Crippen LogP contribution in [0.15, 0.2) is 30.6 Å². The first-order valence-corrected chi connectivity index (χ1v) is 9.57. The van der Waals surface area contributed by atoms with E-state index in [1.54, 1.807) is 18.2 Å². The van der Waals surface area contributed by atoms with Crippen LogP contribution < -0.4 is 10.2 Å². The molecule has 0 bridgehead atoms. The summed E-state index contributed by atoms with van der Waals surface area (Å²) in [4.78, 5) is 26.0. The fraction of sp³-hybridized carbons (Fsp3) is 0.316. The number of alkyl halides is 1. The van der Waals surface area contributed by atoms with Crippen LogP contribution >= 0.6 is 11.6 Å². The van der Waals surface area contributed by atoms with Crippen molar-refractivity contribution in [2.45, 2.75) is 25.2 Å². The number of aromatic nitrogens is 4. The lowest BCUT2D eigenvalue weighted by atomic mass is 10.0. The van der Waals surface area contributed by atoms with Gasteiger partial charge in [-0.1, -0.05) is 11.6 Å². The second kappa shape index (κ2) is 8.12. The summed E-state index contributed by atoms with van der Waals surface area (Å²) in [6.45, 7) is 0.753. The zero-order valence-electron chi connectivity index (χ0n) is 15.7. The molecule has 1 saturated heterocycles. The number of benzene rings is 1. The van der Waals surface area contributed by atoms with E-state index < -0.39 is 18.3 Å². The number of rotatable bonds is 4. The first-order valence-electron chi connectivity index (χ1n) is 9.20. The molecule has 2 atom stereocenters. The number of nitrogens with zero attached hydrogens (tertiary/aromatic N) is 6. The molecule has 2 aromatic heterocycles. The predicted octanol–water partition coefficient (Wildman–Crippen LogP) is 2.58. The van der Waals surface area contributed by atoms with Gasteiger partial charge < -0.3 is 19.9 Å². The average Bonchev–Trinajstić information content (AvgIpc) is 3.08. The van der Waals surface area contributed by atoms with Gasteiger partial charge in [-0.25, -0.2) is 24.1 Å². The van der Waals surface area contributed by atoms with Crippen molar-refractivity contribution in [1.29, 1.82) is 5.26 Å². The van der Waals surface area contributed by atoms with Gasteiger partial charge in [0.15, 0.2) is 0 Å². The molecule has 30 heavy (non-hydrogen) atoms. The van der Waals surface area contributed by atoms with Crippen molar-refractivity contribution in [1.82, 2.24) is 24.8 Å². The highest BCUT2D eigenvalue weighted by atomic mass is 35.5. The summed E-state index contributed by atoms with van der Waals surface area (Å²) in [6, 6.07) is 6.38. The van der Waals surface area contributed by atoms with Gasteiger partial charge in [-0.2, -0.15) is 5.26 Å². The number of carboxylic acid groups (broad SMARTS) is 1. The van der Waals surface area contributed by atoms with Crippen LogP contribution in [-0.4, -0.2) is 56.0 Å². The van der Waals surface area contributed by atoms with Gasteiger partial charge in [0.2, 0.25) is 5.95 Å². The summed E-state index contributed by atoms with van der Waals surface area (Å²) in [6.07, 6.45) is 0.594. The molecule has 0 spiro atoms. The van der Waals surface area contributed by atoms with Crippen molar-refractivity contribution in [2.75, 3.05) is 18.0 Å². The number of halogens is 2. The van der Waals surface area contributed by atoms with Crippen LogP contribution in [0.25, 0.3) is 11.0 Å². The molecular weight excluding hydrogens is 413 g/mol. The molecule has 9 nitrogen and oxygen atoms in total.